The van der Waals surface area contributed by atoms with Crippen LogP contribution in [0.4, 0.5) is 0 Å². The molecule has 0 aliphatic heterocycles. The highest BCUT2D eigenvalue weighted by atomic mass is 17.2. The lowest BCUT2D eigenvalue weighted by molar-refractivity contribution is -0.293. The maximum absolute atomic E-state index is 5.30. The summed E-state index contributed by atoms with van der Waals surface area (Å²) in [4.78, 5) is 9.69. The van der Waals surface area contributed by atoms with Gasteiger partial charge in [0.05, 0.1) is 19.3 Å². The summed E-state index contributed by atoms with van der Waals surface area (Å²) in [5.74, 6) is 0. The summed E-state index contributed by atoms with van der Waals surface area (Å²) in [7, 11) is 1.75. The van der Waals surface area contributed by atoms with Crippen molar-refractivity contribution < 1.29 is 14.5 Å². The summed E-state index contributed by atoms with van der Waals surface area (Å²) >= 11 is 0. The van der Waals surface area contributed by atoms with E-state index < -0.39 is 0 Å². The van der Waals surface area contributed by atoms with Gasteiger partial charge < -0.3 is 4.74 Å². The normalized spacial score (nSPS) is 13.2. The molecule has 0 aromatic carbocycles. The Kier molecular flexibility index (Phi) is 9.87. The van der Waals surface area contributed by atoms with Crippen LogP contribution < -0.4 is 0 Å². The van der Waals surface area contributed by atoms with Crippen LogP contribution in [-0.4, -0.2) is 26.4 Å². The molecule has 1 unspecified atom stereocenters. The summed E-state index contributed by atoms with van der Waals surface area (Å²) in [6, 6.07) is 0. The van der Waals surface area contributed by atoms with E-state index in [1.165, 1.54) is 12.8 Å². The van der Waals surface area contributed by atoms with Gasteiger partial charge in [0.15, 0.2) is 0 Å². The van der Waals surface area contributed by atoms with Gasteiger partial charge in [0.1, 0.15) is 0 Å². The van der Waals surface area contributed by atoms with E-state index in [1.807, 2.05) is 6.92 Å². The number of unbranched alkanes of at least 4 members (excludes halogenated alkanes) is 1. The van der Waals surface area contributed by atoms with Gasteiger partial charge in [0.2, 0.25) is 0 Å². The molecule has 3 nitrogen and oxygen atoms in total. The molecule has 0 heterocycles. The molecule has 0 fully saturated rings. The summed E-state index contributed by atoms with van der Waals surface area (Å²) in [6.07, 6.45) is 4.78. The maximum Gasteiger partial charge on any atom is 0.0847 e. The van der Waals surface area contributed by atoms with Crippen LogP contribution in [0.25, 0.3) is 0 Å². The quantitative estimate of drug-likeness (QED) is 0.318. The Morgan fingerprint density at radius 2 is 1.85 bits per heavy atom. The van der Waals surface area contributed by atoms with Crippen LogP contribution in [0, 0.1) is 0 Å². The average Bonchev–Trinajstić information content (AvgIpc) is 2.17. The fraction of sp³-hybridized carbons (Fsp3) is 1.00. The maximum atomic E-state index is 5.30. The molecule has 13 heavy (non-hydrogen) atoms. The topological polar surface area (TPSA) is 27.7 Å². The lowest BCUT2D eigenvalue weighted by Gasteiger charge is -2.13. The van der Waals surface area contributed by atoms with Crippen LogP contribution in [0.3, 0.4) is 0 Å². The Bertz CT molecular complexity index is 96.2. The molecule has 0 bridgehead atoms. The van der Waals surface area contributed by atoms with Crippen LogP contribution in [-0.2, 0) is 14.5 Å². The summed E-state index contributed by atoms with van der Waals surface area (Å²) in [5, 5.41) is 0. The first kappa shape index (κ1) is 12.9. The molecule has 0 amide bonds. The number of methoxy groups -OCH3 is 1. The molecule has 0 aliphatic rings. The zero-order valence-electron chi connectivity index (χ0n) is 9.04. The highest BCUT2D eigenvalue weighted by Gasteiger charge is 2.06. The van der Waals surface area contributed by atoms with Crippen molar-refractivity contribution in [3.05, 3.63) is 0 Å². The Morgan fingerprint density at radius 3 is 2.38 bits per heavy atom. The van der Waals surface area contributed by atoms with Crippen molar-refractivity contribution >= 4 is 0 Å². The predicted octanol–water partition coefficient (Wildman–Crippen LogP) is 2.55. The second-order valence-electron chi connectivity index (χ2n) is 3.02. The Morgan fingerprint density at radius 1 is 1.08 bits per heavy atom. The average molecular weight is 190 g/mol. The molecule has 0 N–H and O–H groups in total. The fourth-order valence-electron chi connectivity index (χ4n) is 1.13. The standard InChI is InChI=1S/C10H22O3/c1-4-6-7-10(11-3)8-9-13-12-5-2/h10H,4-9H2,1-3H3. The van der Waals surface area contributed by atoms with Crippen LogP contribution in [0.15, 0.2) is 0 Å². The predicted molar refractivity (Wildman–Crippen MR) is 52.5 cm³/mol. The van der Waals surface area contributed by atoms with Crippen molar-refractivity contribution in [1.29, 1.82) is 0 Å². The molecule has 0 rings (SSSR count). The third-order valence-electron chi connectivity index (χ3n) is 1.94. The molecule has 3 heteroatoms. The summed E-state index contributed by atoms with van der Waals surface area (Å²) < 4.78 is 5.30. The third-order valence-corrected chi connectivity index (χ3v) is 1.94. The van der Waals surface area contributed by atoms with Gasteiger partial charge in [0, 0.05) is 13.5 Å². The smallest absolute Gasteiger partial charge is 0.0847 e. The van der Waals surface area contributed by atoms with E-state index in [4.69, 9.17) is 14.5 Å². The van der Waals surface area contributed by atoms with Crippen LogP contribution in [0.1, 0.15) is 39.5 Å². The van der Waals surface area contributed by atoms with Gasteiger partial charge in [-0.05, 0) is 13.3 Å². The van der Waals surface area contributed by atoms with Gasteiger partial charge >= 0.3 is 0 Å². The van der Waals surface area contributed by atoms with Crippen molar-refractivity contribution in [1.82, 2.24) is 0 Å². The molecular formula is C10H22O3. The highest BCUT2D eigenvalue weighted by molar-refractivity contribution is 4.56. The van der Waals surface area contributed by atoms with Gasteiger partial charge in [-0.3, -0.25) is 0 Å². The third kappa shape index (κ3) is 8.22. The van der Waals surface area contributed by atoms with Crippen molar-refractivity contribution in [2.75, 3.05) is 20.3 Å². The van der Waals surface area contributed by atoms with Crippen molar-refractivity contribution in [2.45, 2.75) is 45.6 Å². The molecule has 1 atom stereocenters. The molecule has 0 spiro atoms. The van der Waals surface area contributed by atoms with E-state index in [1.54, 1.807) is 7.11 Å². The first-order valence-corrected chi connectivity index (χ1v) is 5.12. The van der Waals surface area contributed by atoms with Gasteiger partial charge in [-0.15, -0.1) is 0 Å². The van der Waals surface area contributed by atoms with E-state index >= 15 is 0 Å². The zero-order chi connectivity index (χ0) is 9.94. The molecule has 0 radical (unpaired) electrons. The molecular weight excluding hydrogens is 168 g/mol. The monoisotopic (exact) mass is 190 g/mol. The molecule has 80 valence electrons. The second-order valence-corrected chi connectivity index (χ2v) is 3.02. The number of hydrogen-bond acceptors (Lipinski definition) is 3. The zero-order valence-corrected chi connectivity index (χ0v) is 9.04. The summed E-state index contributed by atoms with van der Waals surface area (Å²) in [5.41, 5.74) is 0. The molecule has 0 aromatic heterocycles. The Balaban J connectivity index is 3.25. The molecule has 0 saturated heterocycles. The SMILES string of the molecule is CCCCC(CCOOCC)OC. The molecule has 0 saturated carbocycles. The fourth-order valence-corrected chi connectivity index (χ4v) is 1.13. The van der Waals surface area contributed by atoms with Gasteiger partial charge in [-0.2, -0.15) is 0 Å². The van der Waals surface area contributed by atoms with Crippen molar-refractivity contribution in [3.8, 4) is 0 Å². The van der Waals surface area contributed by atoms with E-state index in [-0.39, 0.29) is 0 Å². The molecule has 0 aromatic rings. The summed E-state index contributed by atoms with van der Waals surface area (Å²) in [6.45, 7) is 5.32. The van der Waals surface area contributed by atoms with E-state index in [2.05, 4.69) is 6.92 Å². The van der Waals surface area contributed by atoms with Crippen LogP contribution >= 0.6 is 0 Å². The minimum atomic E-state index is 0.320. The first-order chi connectivity index (χ1) is 6.35. The lowest BCUT2D eigenvalue weighted by Crippen LogP contribution is -2.13. The van der Waals surface area contributed by atoms with E-state index in [0.717, 1.165) is 12.8 Å². The van der Waals surface area contributed by atoms with Gasteiger partial charge in [0.25, 0.3) is 0 Å². The number of rotatable bonds is 9. The minimum Gasteiger partial charge on any atom is -0.381 e. The van der Waals surface area contributed by atoms with Crippen molar-refractivity contribution in [2.24, 2.45) is 0 Å². The second kappa shape index (κ2) is 9.96. The number of ether oxygens (including phenoxy) is 1. The first-order valence-electron chi connectivity index (χ1n) is 5.12. The van der Waals surface area contributed by atoms with E-state index in [0.29, 0.717) is 19.3 Å². The number of hydrogen-bond donors (Lipinski definition) is 0. The van der Waals surface area contributed by atoms with Crippen molar-refractivity contribution in [3.63, 3.8) is 0 Å². The van der Waals surface area contributed by atoms with Gasteiger partial charge in [-0.1, -0.05) is 19.8 Å². The largest absolute Gasteiger partial charge is 0.381 e. The lowest BCUT2D eigenvalue weighted by atomic mass is 10.1. The highest BCUT2D eigenvalue weighted by Crippen LogP contribution is 2.07. The van der Waals surface area contributed by atoms with Crippen LogP contribution in [0.2, 0.25) is 0 Å². The van der Waals surface area contributed by atoms with Gasteiger partial charge in [-0.25, -0.2) is 9.78 Å². The molecule has 0 aliphatic carbocycles. The Labute approximate surface area is 81.3 Å². The Hall–Kier alpha value is -0.120. The van der Waals surface area contributed by atoms with E-state index in [9.17, 15) is 0 Å². The van der Waals surface area contributed by atoms with Crippen LogP contribution in [0.5, 0.6) is 0 Å². The minimum absolute atomic E-state index is 0.320.